The number of anilines is 3. The van der Waals surface area contributed by atoms with E-state index < -0.39 is 5.91 Å². The maximum Gasteiger partial charge on any atom is 0.236 e. The lowest BCUT2D eigenvalue weighted by Crippen LogP contribution is -2.24. The van der Waals surface area contributed by atoms with Crippen LogP contribution in [0.15, 0.2) is 24.3 Å². The minimum atomic E-state index is -0.515. The van der Waals surface area contributed by atoms with Crippen LogP contribution < -0.4 is 27.4 Å². The summed E-state index contributed by atoms with van der Waals surface area (Å²) in [6, 6.07) is 6.97. The Labute approximate surface area is 145 Å². The first-order valence-corrected chi connectivity index (χ1v) is 7.81. The maximum absolute atomic E-state index is 10.9. The summed E-state index contributed by atoms with van der Waals surface area (Å²) in [5, 5.41) is 18.1. The number of nitrogens with two attached hydrogens (primary N) is 2. The van der Waals surface area contributed by atoms with Gasteiger partial charge in [-0.25, -0.2) is 0 Å². The number of rotatable bonds is 10. The number of aromatic hydroxyl groups is 1. The van der Waals surface area contributed by atoms with Crippen LogP contribution in [0.1, 0.15) is 5.56 Å². The van der Waals surface area contributed by atoms with Gasteiger partial charge < -0.3 is 32.5 Å². The molecule has 10 nitrogen and oxygen atoms in total. The predicted octanol–water partition coefficient (Wildman–Crippen LogP) is -0.500. The van der Waals surface area contributed by atoms with Gasteiger partial charge in [0, 0.05) is 19.6 Å². The molecule has 1 amide bonds. The summed E-state index contributed by atoms with van der Waals surface area (Å²) >= 11 is 0. The fraction of sp³-hybridized carbons (Fsp3) is 0.333. The van der Waals surface area contributed by atoms with Gasteiger partial charge in [0.1, 0.15) is 5.75 Å². The van der Waals surface area contributed by atoms with Crippen molar-refractivity contribution in [1.29, 1.82) is 0 Å². The molecule has 10 heteroatoms. The molecule has 0 saturated heterocycles. The topological polar surface area (TPSA) is 164 Å². The average molecular weight is 346 g/mol. The fourth-order valence-electron chi connectivity index (χ4n) is 1.94. The van der Waals surface area contributed by atoms with Crippen LogP contribution in [0.2, 0.25) is 0 Å². The molecule has 0 fully saturated rings. The molecule has 0 radical (unpaired) electrons. The molecule has 25 heavy (non-hydrogen) atoms. The molecule has 8 N–H and O–H groups in total. The number of hydrogen-bond acceptors (Lipinski definition) is 9. The summed E-state index contributed by atoms with van der Waals surface area (Å²) in [4.78, 5) is 23.5. The second kappa shape index (κ2) is 9.23. The number of phenols is 1. The van der Waals surface area contributed by atoms with Crippen LogP contribution in [0.4, 0.5) is 17.8 Å². The number of aromatic nitrogens is 3. The molecule has 134 valence electrons. The van der Waals surface area contributed by atoms with Crippen LogP contribution in [-0.4, -0.2) is 52.1 Å². The number of hydrogen-bond donors (Lipinski definition) is 6. The standard InChI is InChI=1S/C15H22N8O2/c16-6-8-19-14-21-13(22-15(23-14)20-9-12(17)25)18-7-5-10-1-3-11(24)4-2-10/h1-4,24H,5-9,16H2,(H2,17,25)(H3,18,19,20,21,22,23). The van der Waals surface area contributed by atoms with Crippen molar-refractivity contribution in [2.24, 2.45) is 11.5 Å². The van der Waals surface area contributed by atoms with Crippen molar-refractivity contribution < 1.29 is 9.90 Å². The first-order valence-electron chi connectivity index (χ1n) is 7.81. The zero-order valence-corrected chi connectivity index (χ0v) is 13.7. The highest BCUT2D eigenvalue weighted by Crippen LogP contribution is 2.11. The quantitative estimate of drug-likeness (QED) is 0.332. The molecule has 2 aromatic rings. The predicted molar refractivity (Wildman–Crippen MR) is 95.4 cm³/mol. The highest BCUT2D eigenvalue weighted by atomic mass is 16.3. The van der Waals surface area contributed by atoms with E-state index in [1.807, 2.05) is 12.1 Å². The third-order valence-electron chi connectivity index (χ3n) is 3.12. The largest absolute Gasteiger partial charge is 0.508 e. The molecule has 1 aromatic heterocycles. The number of primary amides is 1. The van der Waals surface area contributed by atoms with Gasteiger partial charge in [0.05, 0.1) is 6.54 Å². The van der Waals surface area contributed by atoms with Gasteiger partial charge in [-0.3, -0.25) is 4.79 Å². The van der Waals surface area contributed by atoms with E-state index in [1.165, 1.54) is 0 Å². The van der Waals surface area contributed by atoms with Crippen molar-refractivity contribution in [3.8, 4) is 5.75 Å². The molecule has 1 heterocycles. The minimum Gasteiger partial charge on any atom is -0.508 e. The summed E-state index contributed by atoms with van der Waals surface area (Å²) in [5.41, 5.74) is 11.6. The van der Waals surface area contributed by atoms with Gasteiger partial charge in [0.25, 0.3) is 0 Å². The number of nitrogens with zero attached hydrogens (tertiary/aromatic N) is 3. The van der Waals surface area contributed by atoms with Crippen molar-refractivity contribution >= 4 is 23.8 Å². The molecule has 0 aliphatic rings. The summed E-state index contributed by atoms with van der Waals surface area (Å²) in [5.74, 6) is 0.661. The van der Waals surface area contributed by atoms with E-state index in [4.69, 9.17) is 11.5 Å². The highest BCUT2D eigenvalue weighted by Gasteiger charge is 2.07. The summed E-state index contributed by atoms with van der Waals surface area (Å²) < 4.78 is 0. The van der Waals surface area contributed by atoms with E-state index >= 15 is 0 Å². The number of benzene rings is 1. The van der Waals surface area contributed by atoms with Gasteiger partial charge >= 0.3 is 0 Å². The lowest BCUT2D eigenvalue weighted by molar-refractivity contribution is -0.116. The summed E-state index contributed by atoms with van der Waals surface area (Å²) in [6.07, 6.45) is 0.724. The zero-order valence-electron chi connectivity index (χ0n) is 13.7. The normalized spacial score (nSPS) is 10.3. The molecule has 0 spiro atoms. The highest BCUT2D eigenvalue weighted by molar-refractivity contribution is 5.78. The Morgan fingerprint density at radius 3 is 2.08 bits per heavy atom. The lowest BCUT2D eigenvalue weighted by Gasteiger charge is -2.10. The lowest BCUT2D eigenvalue weighted by atomic mass is 10.1. The zero-order chi connectivity index (χ0) is 18.1. The number of phenolic OH excluding ortho intramolecular Hbond substituents is 1. The van der Waals surface area contributed by atoms with E-state index in [-0.39, 0.29) is 18.2 Å². The van der Waals surface area contributed by atoms with Gasteiger partial charge in [-0.05, 0) is 24.1 Å². The molecular weight excluding hydrogens is 324 g/mol. The van der Waals surface area contributed by atoms with Gasteiger partial charge in [-0.2, -0.15) is 15.0 Å². The van der Waals surface area contributed by atoms with Crippen LogP contribution >= 0.6 is 0 Å². The second-order valence-electron chi connectivity index (χ2n) is 5.18. The van der Waals surface area contributed by atoms with Crippen molar-refractivity contribution in [3.63, 3.8) is 0 Å². The summed E-state index contributed by atoms with van der Waals surface area (Å²) in [7, 11) is 0. The number of nitrogens with one attached hydrogen (secondary N) is 3. The smallest absolute Gasteiger partial charge is 0.236 e. The minimum absolute atomic E-state index is 0.0761. The Morgan fingerprint density at radius 2 is 1.52 bits per heavy atom. The molecule has 1 aromatic carbocycles. The molecule has 0 bridgehead atoms. The van der Waals surface area contributed by atoms with Crippen molar-refractivity contribution in [3.05, 3.63) is 29.8 Å². The van der Waals surface area contributed by atoms with E-state index in [2.05, 4.69) is 30.9 Å². The second-order valence-corrected chi connectivity index (χ2v) is 5.18. The van der Waals surface area contributed by atoms with Crippen molar-refractivity contribution in [2.45, 2.75) is 6.42 Å². The van der Waals surface area contributed by atoms with E-state index in [9.17, 15) is 9.90 Å². The third kappa shape index (κ3) is 6.47. The third-order valence-corrected chi connectivity index (χ3v) is 3.12. The van der Waals surface area contributed by atoms with Crippen LogP contribution in [-0.2, 0) is 11.2 Å². The maximum atomic E-state index is 10.9. The summed E-state index contributed by atoms with van der Waals surface area (Å²) in [6.45, 7) is 1.44. The van der Waals surface area contributed by atoms with E-state index in [0.29, 0.717) is 31.5 Å². The fourth-order valence-corrected chi connectivity index (χ4v) is 1.94. The molecule has 0 aliphatic carbocycles. The molecule has 0 aliphatic heterocycles. The number of amides is 1. The SMILES string of the molecule is NCCNc1nc(NCCc2ccc(O)cc2)nc(NCC(N)=O)n1. The molecular formula is C15H22N8O2. The Bertz CT molecular complexity index is 692. The van der Waals surface area contributed by atoms with Gasteiger partial charge in [0.15, 0.2) is 0 Å². The Balaban J connectivity index is 1.99. The van der Waals surface area contributed by atoms with E-state index in [0.717, 1.165) is 12.0 Å². The van der Waals surface area contributed by atoms with Crippen LogP contribution in [0, 0.1) is 0 Å². The van der Waals surface area contributed by atoms with Gasteiger partial charge in [-0.1, -0.05) is 12.1 Å². The Morgan fingerprint density at radius 1 is 0.960 bits per heavy atom. The molecule has 2 rings (SSSR count). The molecule has 0 unspecified atom stereocenters. The Hall–Kier alpha value is -3.14. The van der Waals surface area contributed by atoms with Crippen LogP contribution in [0.3, 0.4) is 0 Å². The van der Waals surface area contributed by atoms with Crippen LogP contribution in [0.5, 0.6) is 5.75 Å². The number of carbonyl (C=O) groups excluding carboxylic acids is 1. The molecule has 0 saturated carbocycles. The Kier molecular flexibility index (Phi) is 6.72. The first kappa shape index (κ1) is 18.2. The van der Waals surface area contributed by atoms with Crippen molar-refractivity contribution in [1.82, 2.24) is 15.0 Å². The van der Waals surface area contributed by atoms with E-state index in [1.54, 1.807) is 12.1 Å². The van der Waals surface area contributed by atoms with Crippen molar-refractivity contribution in [2.75, 3.05) is 42.1 Å². The van der Waals surface area contributed by atoms with Gasteiger partial charge in [0.2, 0.25) is 23.8 Å². The molecule has 0 atom stereocenters. The number of carbonyl (C=O) groups is 1. The first-order chi connectivity index (χ1) is 12.1. The average Bonchev–Trinajstić information content (AvgIpc) is 2.60. The monoisotopic (exact) mass is 346 g/mol. The van der Waals surface area contributed by atoms with Gasteiger partial charge in [-0.15, -0.1) is 0 Å². The van der Waals surface area contributed by atoms with Crippen LogP contribution in [0.25, 0.3) is 0 Å².